The maximum Gasteiger partial charge on any atom is 0.297 e. The lowest BCUT2D eigenvalue weighted by Gasteiger charge is -2.23. The molecule has 0 N–H and O–H groups in total. The number of nitrogens with zero attached hydrogens (tertiary/aromatic N) is 3. The van der Waals surface area contributed by atoms with Gasteiger partial charge in [0, 0.05) is 0 Å². The highest BCUT2D eigenvalue weighted by atomic mass is 32.1. The molecule has 9 heteroatoms. The van der Waals surface area contributed by atoms with Crippen LogP contribution in [0.15, 0.2) is 75.9 Å². The summed E-state index contributed by atoms with van der Waals surface area (Å²) in [6.07, 6.45) is 0.680. The molecule has 0 saturated heterocycles. The SMILES string of the molecule is CCOc1cc(C2c3c(oc4ccc(C)cc4c3=O)C(=O)N2c2nnc(CC)s2)ccc1OCc1ccccc1. The largest absolute Gasteiger partial charge is 0.490 e. The molecule has 0 radical (unpaired) electrons. The van der Waals surface area contributed by atoms with Gasteiger partial charge in [-0.25, -0.2) is 0 Å². The lowest BCUT2D eigenvalue weighted by molar-refractivity contribution is 0.0970. The summed E-state index contributed by atoms with van der Waals surface area (Å²) in [5.41, 5.74) is 3.02. The average Bonchev–Trinajstić information content (AvgIpc) is 3.56. The van der Waals surface area contributed by atoms with Crippen molar-refractivity contribution in [1.29, 1.82) is 0 Å². The van der Waals surface area contributed by atoms with E-state index in [1.165, 1.54) is 16.2 Å². The highest BCUT2D eigenvalue weighted by molar-refractivity contribution is 7.15. The van der Waals surface area contributed by atoms with Gasteiger partial charge in [-0.15, -0.1) is 10.2 Å². The number of benzene rings is 3. The van der Waals surface area contributed by atoms with E-state index in [1.54, 1.807) is 12.1 Å². The van der Waals surface area contributed by atoms with Crippen molar-refractivity contribution in [3.8, 4) is 11.5 Å². The molecule has 1 amide bonds. The van der Waals surface area contributed by atoms with E-state index in [2.05, 4.69) is 10.2 Å². The van der Waals surface area contributed by atoms with Crippen LogP contribution in [0.3, 0.4) is 0 Å². The zero-order chi connectivity index (χ0) is 27.8. The maximum absolute atomic E-state index is 13.9. The van der Waals surface area contributed by atoms with E-state index < -0.39 is 11.9 Å². The number of carbonyl (C=O) groups is 1. The van der Waals surface area contributed by atoms with E-state index in [1.807, 2.05) is 75.4 Å². The summed E-state index contributed by atoms with van der Waals surface area (Å²) >= 11 is 1.32. The predicted octanol–water partition coefficient (Wildman–Crippen LogP) is 6.24. The summed E-state index contributed by atoms with van der Waals surface area (Å²) in [5, 5.41) is 10.2. The van der Waals surface area contributed by atoms with Crippen LogP contribution < -0.4 is 19.8 Å². The number of amides is 1. The molecule has 3 aromatic carbocycles. The van der Waals surface area contributed by atoms with Gasteiger partial charge in [0.2, 0.25) is 10.9 Å². The van der Waals surface area contributed by atoms with Gasteiger partial charge in [-0.05, 0) is 55.7 Å². The molecule has 0 saturated carbocycles. The van der Waals surface area contributed by atoms with Gasteiger partial charge in [-0.1, -0.05) is 66.3 Å². The van der Waals surface area contributed by atoms with Crippen molar-refractivity contribution in [2.75, 3.05) is 11.5 Å². The number of ether oxygens (including phenoxy) is 2. The highest BCUT2D eigenvalue weighted by Gasteiger charge is 2.45. The fourth-order valence-corrected chi connectivity index (χ4v) is 5.71. The van der Waals surface area contributed by atoms with Gasteiger partial charge in [-0.3, -0.25) is 14.5 Å². The van der Waals surface area contributed by atoms with Crippen molar-refractivity contribution in [2.45, 2.75) is 39.8 Å². The smallest absolute Gasteiger partial charge is 0.297 e. The van der Waals surface area contributed by atoms with E-state index in [0.717, 1.165) is 16.1 Å². The quantitative estimate of drug-likeness (QED) is 0.224. The molecule has 5 aromatic rings. The van der Waals surface area contributed by atoms with Crippen LogP contribution in [0.4, 0.5) is 5.13 Å². The fraction of sp³-hybridized carbons (Fsp3) is 0.226. The van der Waals surface area contributed by atoms with E-state index in [4.69, 9.17) is 13.9 Å². The molecule has 40 heavy (non-hydrogen) atoms. The molecule has 1 atom stereocenters. The number of hydrogen-bond donors (Lipinski definition) is 0. The van der Waals surface area contributed by atoms with Gasteiger partial charge >= 0.3 is 0 Å². The average molecular weight is 554 g/mol. The molecule has 0 spiro atoms. The molecule has 0 aliphatic carbocycles. The molecule has 202 valence electrons. The summed E-state index contributed by atoms with van der Waals surface area (Å²) in [5.74, 6) is 0.669. The number of anilines is 1. The van der Waals surface area contributed by atoms with Crippen molar-refractivity contribution >= 4 is 33.3 Å². The molecular weight excluding hydrogens is 526 g/mol. The lowest BCUT2D eigenvalue weighted by Crippen LogP contribution is -2.29. The van der Waals surface area contributed by atoms with E-state index >= 15 is 0 Å². The first-order valence-electron chi connectivity index (χ1n) is 13.1. The first-order valence-corrected chi connectivity index (χ1v) is 14.0. The van der Waals surface area contributed by atoms with Gasteiger partial charge in [0.1, 0.15) is 17.2 Å². The number of carbonyl (C=O) groups excluding carboxylic acids is 1. The summed E-state index contributed by atoms with van der Waals surface area (Å²) in [6.45, 7) is 6.57. The van der Waals surface area contributed by atoms with Crippen LogP contribution in [0.25, 0.3) is 11.0 Å². The van der Waals surface area contributed by atoms with Crippen LogP contribution in [0, 0.1) is 6.92 Å². The second kappa shape index (κ2) is 10.6. The van der Waals surface area contributed by atoms with Crippen molar-refractivity contribution in [3.05, 3.63) is 110 Å². The Hall–Kier alpha value is -4.50. The van der Waals surface area contributed by atoms with E-state index in [9.17, 15) is 9.59 Å². The minimum absolute atomic E-state index is 0.0157. The third-order valence-corrected chi connectivity index (χ3v) is 7.88. The van der Waals surface area contributed by atoms with Gasteiger partial charge in [-0.2, -0.15) is 0 Å². The van der Waals surface area contributed by atoms with Gasteiger partial charge in [0.25, 0.3) is 5.91 Å². The number of aryl methyl sites for hydroxylation is 2. The molecule has 6 rings (SSSR count). The molecule has 3 heterocycles. The summed E-state index contributed by atoms with van der Waals surface area (Å²) < 4.78 is 18.2. The zero-order valence-corrected chi connectivity index (χ0v) is 23.2. The Kier molecular flexibility index (Phi) is 6.81. The monoisotopic (exact) mass is 553 g/mol. The number of aromatic nitrogens is 2. The Morgan fingerprint density at radius 1 is 0.950 bits per heavy atom. The molecule has 0 fully saturated rings. The summed E-state index contributed by atoms with van der Waals surface area (Å²) in [7, 11) is 0. The van der Waals surface area contributed by atoms with Crippen molar-refractivity contribution in [1.82, 2.24) is 10.2 Å². The second-order valence-corrected chi connectivity index (χ2v) is 10.5. The Balaban J connectivity index is 1.49. The topological polar surface area (TPSA) is 94.8 Å². The molecule has 1 aliphatic rings. The van der Waals surface area contributed by atoms with Crippen LogP contribution >= 0.6 is 11.3 Å². The Bertz CT molecular complexity index is 1780. The van der Waals surface area contributed by atoms with Crippen LogP contribution in [0.2, 0.25) is 0 Å². The van der Waals surface area contributed by atoms with Gasteiger partial charge < -0.3 is 13.9 Å². The molecule has 1 aliphatic heterocycles. The molecule has 8 nitrogen and oxygen atoms in total. The molecule has 1 unspecified atom stereocenters. The molecular formula is C31H27N3O5S. The van der Waals surface area contributed by atoms with E-state index in [0.29, 0.717) is 52.8 Å². The van der Waals surface area contributed by atoms with Gasteiger partial charge in [0.15, 0.2) is 16.9 Å². The Morgan fingerprint density at radius 2 is 1.77 bits per heavy atom. The second-order valence-electron chi connectivity index (χ2n) is 9.50. The fourth-order valence-electron chi connectivity index (χ4n) is 4.90. The van der Waals surface area contributed by atoms with E-state index in [-0.39, 0.29) is 16.8 Å². The predicted molar refractivity (Wildman–Crippen MR) is 154 cm³/mol. The van der Waals surface area contributed by atoms with Crippen molar-refractivity contribution in [3.63, 3.8) is 0 Å². The van der Waals surface area contributed by atoms with Crippen LogP contribution in [-0.4, -0.2) is 22.7 Å². The minimum atomic E-state index is -0.774. The zero-order valence-electron chi connectivity index (χ0n) is 22.3. The number of fused-ring (bicyclic) bond motifs is 2. The number of rotatable bonds is 8. The normalized spacial score (nSPS) is 14.5. The molecule has 0 bridgehead atoms. The van der Waals surface area contributed by atoms with Crippen molar-refractivity contribution < 1.29 is 18.7 Å². The first-order chi connectivity index (χ1) is 19.5. The maximum atomic E-state index is 13.9. The van der Waals surface area contributed by atoms with Gasteiger partial charge in [0.05, 0.1) is 23.6 Å². The Labute approximate surface area is 234 Å². The van der Waals surface area contributed by atoms with Crippen LogP contribution in [0.1, 0.15) is 57.7 Å². The summed E-state index contributed by atoms with van der Waals surface area (Å²) in [6, 6.07) is 19.9. The third-order valence-electron chi connectivity index (χ3n) is 6.81. The Morgan fingerprint density at radius 3 is 2.52 bits per heavy atom. The van der Waals surface area contributed by atoms with Crippen LogP contribution in [0.5, 0.6) is 11.5 Å². The number of hydrogen-bond acceptors (Lipinski definition) is 8. The molecule has 2 aromatic heterocycles. The summed E-state index contributed by atoms with van der Waals surface area (Å²) in [4.78, 5) is 29.3. The van der Waals surface area contributed by atoms with Crippen LogP contribution in [-0.2, 0) is 13.0 Å². The minimum Gasteiger partial charge on any atom is -0.490 e. The third kappa shape index (κ3) is 4.52. The standard InChI is InChI=1S/C31H27N3O5S/c1-4-25-32-33-31(40-25)34-27(26-28(35)21-15-18(3)11-13-22(21)39-29(26)30(34)36)20-12-14-23(24(16-20)37-5-2)38-17-19-9-7-6-8-10-19/h6-16,27H,4-5,17H2,1-3H3. The lowest BCUT2D eigenvalue weighted by atomic mass is 9.98. The highest BCUT2D eigenvalue weighted by Crippen LogP contribution is 2.44. The van der Waals surface area contributed by atoms with Crippen molar-refractivity contribution in [2.24, 2.45) is 0 Å². The first kappa shape index (κ1) is 25.8.